The molecule has 0 saturated heterocycles. The second kappa shape index (κ2) is 6.65. The van der Waals surface area contributed by atoms with Gasteiger partial charge in [-0.2, -0.15) is 5.10 Å². The molecule has 1 amide bonds. The fourth-order valence-electron chi connectivity index (χ4n) is 2.94. The van der Waals surface area contributed by atoms with E-state index in [0.29, 0.717) is 12.1 Å². The van der Waals surface area contributed by atoms with Crippen LogP contribution >= 0.6 is 0 Å². The van der Waals surface area contributed by atoms with Crippen molar-refractivity contribution in [2.45, 2.75) is 6.42 Å². The van der Waals surface area contributed by atoms with Crippen LogP contribution in [0.4, 0.5) is 0 Å². The number of benzene rings is 2. The number of hydrogen-bond acceptors (Lipinski definition) is 2. The molecule has 0 radical (unpaired) electrons. The maximum absolute atomic E-state index is 12.3. The van der Waals surface area contributed by atoms with E-state index in [1.807, 2.05) is 54.9 Å². The Bertz CT molecular complexity index is 984. The highest BCUT2D eigenvalue weighted by molar-refractivity contribution is 5.94. The molecule has 0 atom stereocenters. The maximum Gasteiger partial charge on any atom is 0.251 e. The molecule has 2 aromatic carbocycles. The lowest BCUT2D eigenvalue weighted by molar-refractivity contribution is 0.0954. The molecule has 2 aromatic heterocycles. The van der Waals surface area contributed by atoms with Crippen molar-refractivity contribution in [3.8, 4) is 5.69 Å². The second-order valence-electron chi connectivity index (χ2n) is 5.86. The van der Waals surface area contributed by atoms with E-state index in [4.69, 9.17) is 0 Å². The molecule has 0 aliphatic carbocycles. The van der Waals surface area contributed by atoms with Gasteiger partial charge in [-0.05, 0) is 48.4 Å². The van der Waals surface area contributed by atoms with E-state index >= 15 is 0 Å². The van der Waals surface area contributed by atoms with Crippen molar-refractivity contribution in [2.24, 2.45) is 0 Å². The van der Waals surface area contributed by atoms with E-state index < -0.39 is 0 Å². The Morgan fingerprint density at radius 3 is 2.72 bits per heavy atom. The van der Waals surface area contributed by atoms with Gasteiger partial charge in [0.15, 0.2) is 0 Å². The molecule has 5 nitrogen and oxygen atoms in total. The lowest BCUT2D eigenvalue weighted by Gasteiger charge is -2.06. The summed E-state index contributed by atoms with van der Waals surface area (Å²) in [6, 6.07) is 17.5. The number of para-hydroxylation sites is 1. The molecule has 0 saturated carbocycles. The van der Waals surface area contributed by atoms with E-state index in [1.165, 1.54) is 10.9 Å². The molecule has 4 aromatic rings. The molecular formula is C20H18N4O. The van der Waals surface area contributed by atoms with Crippen LogP contribution in [0.1, 0.15) is 15.9 Å². The van der Waals surface area contributed by atoms with Crippen LogP contribution in [0.5, 0.6) is 0 Å². The fraction of sp³-hybridized carbons (Fsp3) is 0.100. The third-order valence-corrected chi connectivity index (χ3v) is 4.25. The number of nitrogens with zero attached hydrogens (tertiary/aromatic N) is 2. The topological polar surface area (TPSA) is 62.7 Å². The van der Waals surface area contributed by atoms with Gasteiger partial charge < -0.3 is 10.3 Å². The highest BCUT2D eigenvalue weighted by atomic mass is 16.1. The first-order valence-electron chi connectivity index (χ1n) is 8.24. The Labute approximate surface area is 145 Å². The zero-order valence-electron chi connectivity index (χ0n) is 13.6. The molecule has 124 valence electrons. The van der Waals surface area contributed by atoms with Crippen LogP contribution in [0.15, 0.2) is 73.2 Å². The number of H-pyrrole nitrogens is 1. The summed E-state index contributed by atoms with van der Waals surface area (Å²) >= 11 is 0. The molecule has 0 spiro atoms. The van der Waals surface area contributed by atoms with E-state index in [-0.39, 0.29) is 5.91 Å². The minimum Gasteiger partial charge on any atom is -0.361 e. The number of carbonyl (C=O) groups excluding carboxylic acids is 1. The first kappa shape index (κ1) is 15.2. The summed E-state index contributed by atoms with van der Waals surface area (Å²) in [5, 5.41) is 8.37. The molecule has 5 heteroatoms. The molecule has 0 bridgehead atoms. The van der Waals surface area contributed by atoms with Crippen LogP contribution in [0, 0.1) is 0 Å². The molecule has 0 aliphatic heterocycles. The van der Waals surface area contributed by atoms with Gasteiger partial charge in [-0.25, -0.2) is 4.68 Å². The van der Waals surface area contributed by atoms with Gasteiger partial charge in [-0.3, -0.25) is 4.79 Å². The van der Waals surface area contributed by atoms with E-state index in [0.717, 1.165) is 17.6 Å². The Hall–Kier alpha value is -3.34. The third kappa shape index (κ3) is 3.17. The molecule has 2 heterocycles. The number of carbonyl (C=O) groups is 1. The van der Waals surface area contributed by atoms with Crippen LogP contribution < -0.4 is 5.32 Å². The Morgan fingerprint density at radius 1 is 1.08 bits per heavy atom. The Kier molecular flexibility index (Phi) is 4.04. The monoisotopic (exact) mass is 330 g/mol. The summed E-state index contributed by atoms with van der Waals surface area (Å²) in [4.78, 5) is 15.5. The summed E-state index contributed by atoms with van der Waals surface area (Å²) in [5.74, 6) is -0.0631. The summed E-state index contributed by atoms with van der Waals surface area (Å²) in [7, 11) is 0. The van der Waals surface area contributed by atoms with Gasteiger partial charge in [0.2, 0.25) is 0 Å². The summed E-state index contributed by atoms with van der Waals surface area (Å²) in [6.45, 7) is 0.599. The predicted molar refractivity (Wildman–Crippen MR) is 97.9 cm³/mol. The highest BCUT2D eigenvalue weighted by Crippen LogP contribution is 2.17. The van der Waals surface area contributed by atoms with E-state index in [2.05, 4.69) is 27.5 Å². The zero-order valence-corrected chi connectivity index (χ0v) is 13.6. The van der Waals surface area contributed by atoms with Gasteiger partial charge in [0, 0.05) is 41.6 Å². The Morgan fingerprint density at radius 2 is 1.92 bits per heavy atom. The van der Waals surface area contributed by atoms with Gasteiger partial charge in [0.25, 0.3) is 5.91 Å². The SMILES string of the molecule is O=C(NCCc1c[nH]c2ccccc12)c1ccc(-n2cccn2)cc1. The summed E-state index contributed by atoms with van der Waals surface area (Å²) in [6.07, 6.45) is 6.40. The van der Waals surface area contributed by atoms with Crippen LogP contribution in [0.25, 0.3) is 16.6 Å². The lowest BCUT2D eigenvalue weighted by atomic mass is 10.1. The van der Waals surface area contributed by atoms with Crippen molar-refractivity contribution in [3.63, 3.8) is 0 Å². The standard InChI is InChI=1S/C20H18N4O/c25-20(15-6-8-17(9-7-15)24-13-3-11-23-24)21-12-10-16-14-22-19-5-2-1-4-18(16)19/h1-9,11,13-14,22H,10,12H2,(H,21,25). The number of aromatic nitrogens is 3. The van der Waals surface area contributed by atoms with E-state index in [9.17, 15) is 4.79 Å². The minimum atomic E-state index is -0.0631. The highest BCUT2D eigenvalue weighted by Gasteiger charge is 2.07. The summed E-state index contributed by atoms with van der Waals surface area (Å²) < 4.78 is 1.76. The number of rotatable bonds is 5. The zero-order chi connectivity index (χ0) is 17.1. The van der Waals surface area contributed by atoms with Gasteiger partial charge in [0.1, 0.15) is 0 Å². The largest absolute Gasteiger partial charge is 0.361 e. The van der Waals surface area contributed by atoms with Crippen LogP contribution in [0.2, 0.25) is 0 Å². The number of fused-ring (bicyclic) bond motifs is 1. The number of aromatic amines is 1. The van der Waals surface area contributed by atoms with Gasteiger partial charge in [0.05, 0.1) is 5.69 Å². The molecule has 25 heavy (non-hydrogen) atoms. The Balaban J connectivity index is 1.37. The van der Waals surface area contributed by atoms with Crippen molar-refractivity contribution in [1.82, 2.24) is 20.1 Å². The number of amides is 1. The van der Waals surface area contributed by atoms with Crippen LogP contribution in [0.3, 0.4) is 0 Å². The van der Waals surface area contributed by atoms with Crippen molar-refractivity contribution >= 4 is 16.8 Å². The lowest BCUT2D eigenvalue weighted by Crippen LogP contribution is -2.25. The normalized spacial score (nSPS) is 10.9. The molecule has 0 fully saturated rings. The third-order valence-electron chi connectivity index (χ3n) is 4.25. The van der Waals surface area contributed by atoms with Crippen molar-refractivity contribution in [2.75, 3.05) is 6.54 Å². The second-order valence-corrected chi connectivity index (χ2v) is 5.86. The number of hydrogen-bond donors (Lipinski definition) is 2. The van der Waals surface area contributed by atoms with Gasteiger partial charge in [-0.15, -0.1) is 0 Å². The summed E-state index contributed by atoms with van der Waals surface area (Å²) in [5.41, 5.74) is 3.91. The van der Waals surface area contributed by atoms with Gasteiger partial charge in [-0.1, -0.05) is 18.2 Å². The number of nitrogens with one attached hydrogen (secondary N) is 2. The van der Waals surface area contributed by atoms with Crippen LogP contribution in [-0.4, -0.2) is 27.2 Å². The first-order chi connectivity index (χ1) is 12.3. The maximum atomic E-state index is 12.3. The molecular weight excluding hydrogens is 312 g/mol. The quantitative estimate of drug-likeness (QED) is 0.589. The van der Waals surface area contributed by atoms with Crippen molar-refractivity contribution < 1.29 is 4.79 Å². The molecule has 0 unspecified atom stereocenters. The average molecular weight is 330 g/mol. The predicted octanol–water partition coefficient (Wildman–Crippen LogP) is 3.33. The first-order valence-corrected chi connectivity index (χ1v) is 8.24. The molecule has 0 aliphatic rings. The molecule has 4 rings (SSSR count). The molecule has 2 N–H and O–H groups in total. The van der Waals surface area contributed by atoms with Gasteiger partial charge >= 0.3 is 0 Å². The van der Waals surface area contributed by atoms with Crippen molar-refractivity contribution in [1.29, 1.82) is 0 Å². The minimum absolute atomic E-state index is 0.0631. The van der Waals surface area contributed by atoms with E-state index in [1.54, 1.807) is 10.9 Å². The average Bonchev–Trinajstić information content (AvgIpc) is 3.32. The fourth-order valence-corrected chi connectivity index (χ4v) is 2.94. The van der Waals surface area contributed by atoms with Crippen LogP contribution in [-0.2, 0) is 6.42 Å². The van der Waals surface area contributed by atoms with Crippen molar-refractivity contribution in [3.05, 3.63) is 84.3 Å². The smallest absolute Gasteiger partial charge is 0.251 e.